The van der Waals surface area contributed by atoms with E-state index in [0.717, 1.165) is 25.0 Å². The summed E-state index contributed by atoms with van der Waals surface area (Å²) in [6.07, 6.45) is 3.11. The molecule has 1 unspecified atom stereocenters. The average molecular weight is 314 g/mol. The van der Waals surface area contributed by atoms with Gasteiger partial charge < -0.3 is 4.74 Å². The lowest BCUT2D eigenvalue weighted by Gasteiger charge is -2.19. The molecule has 0 bridgehead atoms. The predicted octanol–water partition coefficient (Wildman–Crippen LogP) is 4.18. The van der Waals surface area contributed by atoms with Crippen molar-refractivity contribution in [3.8, 4) is 0 Å². The number of aromatic nitrogens is 2. The topological polar surface area (TPSA) is 44.1 Å². The van der Waals surface area contributed by atoms with Crippen molar-refractivity contribution in [2.75, 3.05) is 7.11 Å². The van der Waals surface area contributed by atoms with Gasteiger partial charge in [0.15, 0.2) is 0 Å². The smallest absolute Gasteiger partial charge is 0.337 e. The molecule has 0 N–H and O–H groups in total. The summed E-state index contributed by atoms with van der Waals surface area (Å²) in [5.74, 6) is -0.296. The Hall–Kier alpha value is -2.10. The zero-order chi connectivity index (χ0) is 17.0. The number of carbonyl (C=O) groups is 1. The van der Waals surface area contributed by atoms with Crippen LogP contribution in [0.25, 0.3) is 0 Å². The number of hydrogen-bond donors (Lipinski definition) is 0. The second kappa shape index (κ2) is 7.44. The van der Waals surface area contributed by atoms with Crippen molar-refractivity contribution in [3.05, 3.63) is 52.3 Å². The van der Waals surface area contributed by atoms with Crippen molar-refractivity contribution in [3.63, 3.8) is 0 Å². The summed E-state index contributed by atoms with van der Waals surface area (Å²) < 4.78 is 6.91. The van der Waals surface area contributed by atoms with E-state index in [9.17, 15) is 4.79 Å². The molecule has 0 fully saturated rings. The van der Waals surface area contributed by atoms with E-state index in [4.69, 9.17) is 9.84 Å². The van der Waals surface area contributed by atoms with Crippen LogP contribution < -0.4 is 0 Å². The van der Waals surface area contributed by atoms with Crippen molar-refractivity contribution in [1.82, 2.24) is 9.78 Å². The van der Waals surface area contributed by atoms with Gasteiger partial charge in [0.2, 0.25) is 0 Å². The molecule has 0 aliphatic carbocycles. The largest absolute Gasteiger partial charge is 0.465 e. The molecule has 1 atom stereocenters. The Morgan fingerprint density at radius 3 is 2.35 bits per heavy atom. The summed E-state index contributed by atoms with van der Waals surface area (Å²) in [6, 6.07) is 8.02. The molecule has 1 aromatic carbocycles. The normalized spacial score (nSPS) is 12.2. The van der Waals surface area contributed by atoms with Gasteiger partial charge in [-0.15, -0.1) is 0 Å². The van der Waals surface area contributed by atoms with Crippen LogP contribution >= 0.6 is 0 Å². The minimum absolute atomic E-state index is 0.296. The highest BCUT2D eigenvalue weighted by Gasteiger charge is 2.17. The van der Waals surface area contributed by atoms with Crippen LogP contribution in [0, 0.1) is 20.8 Å². The molecular formula is C19H26N2O2. The van der Waals surface area contributed by atoms with Crippen LogP contribution in [-0.4, -0.2) is 22.9 Å². The SMILES string of the molecule is CCCC(Cc1ccc(C(=O)OC)cc1)n1nc(C)c(C)c1C. The van der Waals surface area contributed by atoms with Gasteiger partial charge in [0.1, 0.15) is 0 Å². The van der Waals surface area contributed by atoms with Crippen LogP contribution in [0.2, 0.25) is 0 Å². The maximum Gasteiger partial charge on any atom is 0.337 e. The van der Waals surface area contributed by atoms with E-state index >= 15 is 0 Å². The summed E-state index contributed by atoms with van der Waals surface area (Å²) in [6.45, 7) is 8.53. The molecule has 0 saturated heterocycles. The number of methoxy groups -OCH3 is 1. The molecule has 0 aliphatic rings. The van der Waals surface area contributed by atoms with Gasteiger partial charge in [-0.05, 0) is 56.9 Å². The van der Waals surface area contributed by atoms with E-state index in [2.05, 4.69) is 32.4 Å². The highest BCUT2D eigenvalue weighted by Crippen LogP contribution is 2.24. The second-order valence-electron chi connectivity index (χ2n) is 6.08. The van der Waals surface area contributed by atoms with Gasteiger partial charge in [-0.2, -0.15) is 5.10 Å². The predicted molar refractivity (Wildman–Crippen MR) is 91.9 cm³/mol. The van der Waals surface area contributed by atoms with Crippen LogP contribution in [0.1, 0.15) is 58.7 Å². The number of carbonyl (C=O) groups excluding carboxylic acids is 1. The summed E-state index contributed by atoms with van der Waals surface area (Å²) >= 11 is 0. The highest BCUT2D eigenvalue weighted by atomic mass is 16.5. The van der Waals surface area contributed by atoms with E-state index in [0.29, 0.717) is 11.6 Å². The number of ether oxygens (including phenoxy) is 1. The van der Waals surface area contributed by atoms with E-state index < -0.39 is 0 Å². The number of aryl methyl sites for hydroxylation is 1. The molecule has 4 nitrogen and oxygen atoms in total. The lowest BCUT2D eigenvalue weighted by atomic mass is 10.0. The Bertz CT molecular complexity index is 671. The van der Waals surface area contributed by atoms with Crippen molar-refractivity contribution in [2.45, 2.75) is 53.0 Å². The van der Waals surface area contributed by atoms with Gasteiger partial charge in [-0.1, -0.05) is 25.5 Å². The van der Waals surface area contributed by atoms with Gasteiger partial charge in [-0.3, -0.25) is 4.68 Å². The van der Waals surface area contributed by atoms with Crippen LogP contribution in [0.3, 0.4) is 0 Å². The summed E-state index contributed by atoms with van der Waals surface area (Å²) in [7, 11) is 1.40. The number of nitrogens with zero attached hydrogens (tertiary/aromatic N) is 2. The molecule has 0 aliphatic heterocycles. The molecule has 4 heteroatoms. The zero-order valence-electron chi connectivity index (χ0n) is 14.7. The maximum atomic E-state index is 11.5. The second-order valence-corrected chi connectivity index (χ2v) is 6.08. The Kier molecular flexibility index (Phi) is 5.59. The maximum absolute atomic E-state index is 11.5. The zero-order valence-corrected chi connectivity index (χ0v) is 14.7. The lowest BCUT2D eigenvalue weighted by molar-refractivity contribution is 0.0600. The molecule has 2 rings (SSSR count). The standard InChI is InChI=1S/C19H26N2O2/c1-6-7-18(21-15(4)13(2)14(3)20-21)12-16-8-10-17(11-9-16)19(22)23-5/h8-11,18H,6-7,12H2,1-5H3. The Morgan fingerprint density at radius 2 is 1.87 bits per heavy atom. The number of benzene rings is 1. The fourth-order valence-electron chi connectivity index (χ4n) is 2.91. The first-order valence-electron chi connectivity index (χ1n) is 8.17. The van der Waals surface area contributed by atoms with Crippen LogP contribution in [-0.2, 0) is 11.2 Å². The minimum Gasteiger partial charge on any atom is -0.465 e. The molecular weight excluding hydrogens is 288 g/mol. The average Bonchev–Trinajstić information content (AvgIpc) is 2.82. The minimum atomic E-state index is -0.296. The summed E-state index contributed by atoms with van der Waals surface area (Å²) in [4.78, 5) is 11.5. The van der Waals surface area contributed by atoms with Crippen LogP contribution in [0.15, 0.2) is 24.3 Å². The van der Waals surface area contributed by atoms with E-state index in [1.54, 1.807) is 0 Å². The van der Waals surface area contributed by atoms with E-state index in [-0.39, 0.29) is 5.97 Å². The van der Waals surface area contributed by atoms with Gasteiger partial charge >= 0.3 is 5.97 Å². The van der Waals surface area contributed by atoms with Crippen molar-refractivity contribution in [1.29, 1.82) is 0 Å². The third-order valence-corrected chi connectivity index (χ3v) is 4.50. The number of esters is 1. The highest BCUT2D eigenvalue weighted by molar-refractivity contribution is 5.89. The lowest BCUT2D eigenvalue weighted by Crippen LogP contribution is -2.15. The van der Waals surface area contributed by atoms with E-state index in [1.165, 1.54) is 23.9 Å². The fraction of sp³-hybridized carbons (Fsp3) is 0.474. The molecule has 1 heterocycles. The molecule has 23 heavy (non-hydrogen) atoms. The number of rotatable bonds is 6. The van der Waals surface area contributed by atoms with Gasteiger partial charge in [0.05, 0.1) is 24.4 Å². The summed E-state index contributed by atoms with van der Waals surface area (Å²) in [5, 5.41) is 4.73. The molecule has 124 valence electrons. The first kappa shape index (κ1) is 17.3. The van der Waals surface area contributed by atoms with Gasteiger partial charge in [0, 0.05) is 5.69 Å². The molecule has 1 aromatic heterocycles. The van der Waals surface area contributed by atoms with Gasteiger partial charge in [0.25, 0.3) is 0 Å². The Labute approximate surface area is 138 Å². The first-order chi connectivity index (χ1) is 11.0. The quantitative estimate of drug-likeness (QED) is 0.751. The molecule has 2 aromatic rings. The molecule has 0 spiro atoms. The monoisotopic (exact) mass is 314 g/mol. The molecule has 0 radical (unpaired) electrons. The number of hydrogen-bond acceptors (Lipinski definition) is 3. The fourth-order valence-corrected chi connectivity index (χ4v) is 2.91. The Balaban J connectivity index is 2.22. The van der Waals surface area contributed by atoms with Crippen molar-refractivity contribution in [2.24, 2.45) is 0 Å². The van der Waals surface area contributed by atoms with E-state index in [1.807, 2.05) is 24.3 Å². The van der Waals surface area contributed by atoms with Crippen molar-refractivity contribution < 1.29 is 9.53 Å². The third kappa shape index (κ3) is 3.81. The van der Waals surface area contributed by atoms with Gasteiger partial charge in [-0.25, -0.2) is 4.79 Å². The summed E-state index contributed by atoms with van der Waals surface area (Å²) in [5.41, 5.74) is 5.41. The Morgan fingerprint density at radius 1 is 1.22 bits per heavy atom. The molecule has 0 saturated carbocycles. The molecule has 0 amide bonds. The van der Waals surface area contributed by atoms with Crippen LogP contribution in [0.4, 0.5) is 0 Å². The third-order valence-electron chi connectivity index (χ3n) is 4.50. The first-order valence-corrected chi connectivity index (χ1v) is 8.17. The van der Waals surface area contributed by atoms with Crippen molar-refractivity contribution >= 4 is 5.97 Å². The van der Waals surface area contributed by atoms with Crippen LogP contribution in [0.5, 0.6) is 0 Å².